The van der Waals surface area contributed by atoms with Gasteiger partial charge in [0.1, 0.15) is 11.8 Å². The minimum Gasteiger partial charge on any atom is -0.493 e. The quantitative estimate of drug-likeness (QED) is 0.0783. The molecule has 2 rings (SSSR count). The molecule has 1 aromatic rings. The molecule has 248 valence electrons. The van der Waals surface area contributed by atoms with Crippen LogP contribution in [0.15, 0.2) is 12.1 Å². The number of rotatable bonds is 23. The molecule has 44 heavy (non-hydrogen) atoms. The van der Waals surface area contributed by atoms with Gasteiger partial charge < -0.3 is 40.8 Å². The molecule has 1 aromatic carbocycles. The number of carbonyl (C=O) groups excluding carboxylic acids is 2. The third-order valence-corrected chi connectivity index (χ3v) is 7.36. The average Bonchev–Trinajstić information content (AvgIpc) is 3.01. The summed E-state index contributed by atoms with van der Waals surface area (Å²) in [4.78, 5) is 47.4. The summed E-state index contributed by atoms with van der Waals surface area (Å²) >= 11 is 0. The fraction of sp³-hybridized carbons (Fsp3) is 0.700. The fourth-order valence-corrected chi connectivity index (χ4v) is 4.79. The molecule has 0 bridgehead atoms. The average molecular weight is 625 g/mol. The first kappa shape index (κ1) is 36.9. The number of hydrogen-bond acceptors (Lipinski definition) is 11. The summed E-state index contributed by atoms with van der Waals surface area (Å²) in [6.45, 7) is 1.19. The molecule has 0 aliphatic carbocycles. The Balaban J connectivity index is 1.76. The number of Topliss-reactive ketones (excluding diaryl/α,β-unsaturated/α-hetero) is 1. The molecular weight excluding hydrogens is 576 g/mol. The lowest BCUT2D eigenvalue weighted by Gasteiger charge is -2.22. The van der Waals surface area contributed by atoms with Crippen molar-refractivity contribution in [3.8, 4) is 11.5 Å². The Hall–Kier alpha value is -3.33. The molecule has 1 amide bonds. The fourth-order valence-electron chi connectivity index (χ4n) is 4.79. The second kappa shape index (κ2) is 20.6. The van der Waals surface area contributed by atoms with E-state index in [1.54, 1.807) is 0 Å². The summed E-state index contributed by atoms with van der Waals surface area (Å²) in [7, 11) is 1.42. The minimum absolute atomic E-state index is 0.00194. The molecule has 1 saturated heterocycles. The van der Waals surface area contributed by atoms with Crippen molar-refractivity contribution in [2.45, 2.75) is 108 Å². The number of ether oxygens (including phenoxy) is 4. The summed E-state index contributed by atoms with van der Waals surface area (Å²) in [6, 6.07) is 1.22. The van der Waals surface area contributed by atoms with Gasteiger partial charge in [-0.05, 0) is 64.0 Å². The number of nitro benzene ring substituents is 1. The van der Waals surface area contributed by atoms with Gasteiger partial charge in [-0.2, -0.15) is 0 Å². The lowest BCUT2D eigenvalue weighted by molar-refractivity contribution is -0.386. The first-order valence-corrected chi connectivity index (χ1v) is 15.4. The summed E-state index contributed by atoms with van der Waals surface area (Å²) in [6.07, 6.45) is 7.08. The molecule has 1 aliphatic rings. The number of carboxylic acids is 1. The number of nitro groups is 1. The molecule has 0 spiro atoms. The van der Waals surface area contributed by atoms with Crippen molar-refractivity contribution in [2.75, 3.05) is 26.9 Å². The summed E-state index contributed by atoms with van der Waals surface area (Å²) in [5.41, 5.74) is 11.5. The highest BCUT2D eigenvalue weighted by molar-refractivity contribution is 5.84. The van der Waals surface area contributed by atoms with Gasteiger partial charge in [0.05, 0.1) is 42.9 Å². The third kappa shape index (κ3) is 13.5. The van der Waals surface area contributed by atoms with Gasteiger partial charge in [-0.1, -0.05) is 19.3 Å². The van der Waals surface area contributed by atoms with Crippen LogP contribution < -0.4 is 26.3 Å². The number of carbonyl (C=O) groups is 3. The zero-order valence-electron chi connectivity index (χ0n) is 25.6. The monoisotopic (exact) mass is 624 g/mol. The Morgan fingerprint density at radius 1 is 1.09 bits per heavy atom. The van der Waals surface area contributed by atoms with E-state index >= 15 is 0 Å². The van der Waals surface area contributed by atoms with Crippen molar-refractivity contribution >= 4 is 23.3 Å². The van der Waals surface area contributed by atoms with Gasteiger partial charge in [0.2, 0.25) is 5.91 Å². The second-order valence-corrected chi connectivity index (χ2v) is 10.9. The molecule has 0 aromatic heterocycles. The summed E-state index contributed by atoms with van der Waals surface area (Å²) in [5, 5.41) is 23.8. The summed E-state index contributed by atoms with van der Waals surface area (Å²) < 4.78 is 22.3. The number of nitrogens with two attached hydrogens (primary N) is 2. The van der Waals surface area contributed by atoms with E-state index in [0.717, 1.165) is 32.1 Å². The zero-order chi connectivity index (χ0) is 32.3. The van der Waals surface area contributed by atoms with Crippen LogP contribution in [-0.2, 0) is 30.5 Å². The molecule has 14 nitrogen and oxygen atoms in total. The van der Waals surface area contributed by atoms with Gasteiger partial charge >= 0.3 is 5.97 Å². The van der Waals surface area contributed by atoms with Crippen LogP contribution in [0, 0.1) is 10.1 Å². The smallest absolute Gasteiger partial charge is 0.326 e. The van der Waals surface area contributed by atoms with Crippen LogP contribution in [0.3, 0.4) is 0 Å². The van der Waals surface area contributed by atoms with Crippen LogP contribution in [0.2, 0.25) is 0 Å². The molecule has 3 unspecified atom stereocenters. The lowest BCUT2D eigenvalue weighted by Crippen LogP contribution is -2.40. The number of methoxy groups -OCH3 is 1. The molecule has 14 heteroatoms. The van der Waals surface area contributed by atoms with E-state index in [1.807, 2.05) is 0 Å². The maximum absolute atomic E-state index is 12.4. The number of carboxylic acid groups (broad SMARTS) is 1. The Morgan fingerprint density at radius 2 is 1.86 bits per heavy atom. The van der Waals surface area contributed by atoms with E-state index in [4.69, 9.17) is 30.4 Å². The lowest BCUT2D eigenvalue weighted by atomic mass is 10.00. The Bertz CT molecular complexity index is 1060. The predicted octanol–water partition coefficient (Wildman–Crippen LogP) is 3.35. The van der Waals surface area contributed by atoms with Crippen LogP contribution in [-0.4, -0.2) is 72.9 Å². The van der Waals surface area contributed by atoms with Crippen LogP contribution >= 0.6 is 0 Å². The Labute approximate surface area is 258 Å². The van der Waals surface area contributed by atoms with Crippen molar-refractivity contribution in [2.24, 2.45) is 11.5 Å². The number of ketones is 1. The Morgan fingerprint density at radius 3 is 2.52 bits per heavy atom. The number of benzene rings is 1. The van der Waals surface area contributed by atoms with Crippen LogP contribution in [0.4, 0.5) is 5.69 Å². The largest absolute Gasteiger partial charge is 0.493 e. The van der Waals surface area contributed by atoms with Gasteiger partial charge in [-0.15, -0.1) is 0 Å². The van der Waals surface area contributed by atoms with E-state index in [1.165, 1.54) is 19.2 Å². The zero-order valence-corrected chi connectivity index (χ0v) is 25.6. The molecule has 1 heterocycles. The predicted molar refractivity (Wildman–Crippen MR) is 161 cm³/mol. The highest BCUT2D eigenvalue weighted by Crippen LogP contribution is 2.35. The van der Waals surface area contributed by atoms with E-state index in [9.17, 15) is 29.6 Å². The first-order valence-electron chi connectivity index (χ1n) is 15.4. The molecule has 1 fully saturated rings. The van der Waals surface area contributed by atoms with Gasteiger partial charge in [0.15, 0.2) is 17.8 Å². The van der Waals surface area contributed by atoms with Crippen molar-refractivity contribution in [1.29, 1.82) is 0 Å². The van der Waals surface area contributed by atoms with E-state index in [-0.39, 0.29) is 55.4 Å². The van der Waals surface area contributed by atoms with Crippen molar-refractivity contribution in [3.05, 3.63) is 27.8 Å². The SMILES string of the molecule is COc1cc(COC2CCCCO2)c([N+](=O)[O-])cc1OCCCC(=O)NC(CCCCCC(=O)C(N)CCCCN)C(=O)O. The van der Waals surface area contributed by atoms with Crippen LogP contribution in [0.1, 0.15) is 89.0 Å². The van der Waals surface area contributed by atoms with Crippen molar-refractivity contribution in [1.82, 2.24) is 5.32 Å². The molecule has 0 saturated carbocycles. The standard InChI is InChI=1S/C30H48N4O10/c1-41-26-18-21(20-44-29-14-6-8-16-43-29)24(34(39)40)19-27(26)42-17-9-13-28(36)33-23(30(37)38)11-3-2-4-12-25(35)22(32)10-5-7-15-31/h18-19,22-23,29H,2-17,20,31-32H2,1H3,(H,33,36)(H,37,38). The minimum atomic E-state index is -1.14. The first-order chi connectivity index (χ1) is 21.2. The van der Waals surface area contributed by atoms with Gasteiger partial charge in [-0.25, -0.2) is 4.79 Å². The molecule has 1 aliphatic heterocycles. The number of unbranched alkanes of at least 4 members (excludes halogenated alkanes) is 3. The highest BCUT2D eigenvalue weighted by atomic mass is 16.7. The van der Waals surface area contributed by atoms with Gasteiger partial charge in [0, 0.05) is 19.4 Å². The number of hydrogen-bond donors (Lipinski definition) is 4. The topological polar surface area (TPSA) is 216 Å². The normalized spacial score (nSPS) is 16.1. The van der Waals surface area contributed by atoms with Crippen LogP contribution in [0.5, 0.6) is 11.5 Å². The third-order valence-electron chi connectivity index (χ3n) is 7.36. The van der Waals surface area contributed by atoms with Crippen molar-refractivity contribution < 1.29 is 43.4 Å². The van der Waals surface area contributed by atoms with E-state index < -0.39 is 35.2 Å². The summed E-state index contributed by atoms with van der Waals surface area (Å²) in [5.74, 6) is -1.16. The number of nitrogens with one attached hydrogen (secondary N) is 1. The van der Waals surface area contributed by atoms with E-state index in [2.05, 4.69) is 5.32 Å². The van der Waals surface area contributed by atoms with Crippen LogP contribution in [0.25, 0.3) is 0 Å². The van der Waals surface area contributed by atoms with Gasteiger partial charge in [-0.3, -0.25) is 19.7 Å². The Kier molecular flexibility index (Phi) is 17.3. The maximum atomic E-state index is 12.4. The molecule has 3 atom stereocenters. The number of nitrogens with zero attached hydrogens (tertiary/aromatic N) is 1. The number of aliphatic carboxylic acids is 1. The van der Waals surface area contributed by atoms with E-state index in [0.29, 0.717) is 50.8 Å². The molecular formula is C30H48N4O10. The second-order valence-electron chi connectivity index (χ2n) is 10.9. The maximum Gasteiger partial charge on any atom is 0.326 e. The highest BCUT2D eigenvalue weighted by Gasteiger charge is 2.23. The van der Waals surface area contributed by atoms with Gasteiger partial charge in [0.25, 0.3) is 5.69 Å². The molecule has 6 N–H and O–H groups in total. The van der Waals surface area contributed by atoms with Crippen molar-refractivity contribution in [3.63, 3.8) is 0 Å². The molecule has 0 radical (unpaired) electrons. The number of amides is 1.